The molecule has 2 amide bonds. The number of benzene rings is 1. The summed E-state index contributed by atoms with van der Waals surface area (Å²) in [7, 11) is 4.63. The predicted molar refractivity (Wildman–Crippen MR) is 122 cm³/mol. The Morgan fingerprint density at radius 2 is 1.91 bits per heavy atom. The fourth-order valence-electron chi connectivity index (χ4n) is 3.93. The number of nitrogens with zero attached hydrogens (tertiary/aromatic N) is 2. The van der Waals surface area contributed by atoms with Gasteiger partial charge in [-0.2, -0.15) is 0 Å². The molecule has 2 heterocycles. The number of methoxy groups -OCH3 is 3. The maximum absolute atomic E-state index is 13.0. The summed E-state index contributed by atoms with van der Waals surface area (Å²) in [6.07, 6.45) is 0.858. The summed E-state index contributed by atoms with van der Waals surface area (Å²) in [5.74, 6) is 1.37. The smallest absolute Gasteiger partial charge is 0.250 e. The normalized spacial score (nSPS) is 21.4. The van der Waals surface area contributed by atoms with Gasteiger partial charge < -0.3 is 29.2 Å². The van der Waals surface area contributed by atoms with Crippen molar-refractivity contribution in [2.45, 2.75) is 17.8 Å². The Hall–Kier alpha value is -2.01. The predicted octanol–water partition coefficient (Wildman–Crippen LogP) is 1.13. The molecule has 2 unspecified atom stereocenters. The van der Waals surface area contributed by atoms with Gasteiger partial charge >= 0.3 is 0 Å². The van der Waals surface area contributed by atoms with Crippen LogP contribution in [0.2, 0.25) is 0 Å². The third-order valence-corrected chi connectivity index (χ3v) is 6.93. The quantitative estimate of drug-likeness (QED) is 0.513. The highest BCUT2D eigenvalue weighted by molar-refractivity contribution is 7.99. The number of carbonyl (C=O) groups excluding carboxylic acids is 2. The summed E-state index contributed by atoms with van der Waals surface area (Å²) in [4.78, 5) is 29.8. The van der Waals surface area contributed by atoms with Crippen molar-refractivity contribution in [3.05, 3.63) is 23.8 Å². The number of amides is 2. The molecule has 9 nitrogen and oxygen atoms in total. The van der Waals surface area contributed by atoms with E-state index in [1.807, 2.05) is 18.2 Å². The van der Waals surface area contributed by atoms with Crippen LogP contribution in [0.4, 0.5) is 0 Å². The summed E-state index contributed by atoms with van der Waals surface area (Å²) in [5, 5.41) is 2.71. The third kappa shape index (κ3) is 6.06. The van der Waals surface area contributed by atoms with Gasteiger partial charge in [-0.05, 0) is 30.7 Å². The van der Waals surface area contributed by atoms with E-state index in [9.17, 15) is 9.59 Å². The number of morpholine rings is 1. The van der Waals surface area contributed by atoms with E-state index in [2.05, 4.69) is 10.2 Å². The van der Waals surface area contributed by atoms with Gasteiger partial charge in [-0.15, -0.1) is 11.8 Å². The maximum atomic E-state index is 13.0. The van der Waals surface area contributed by atoms with Crippen LogP contribution in [0, 0.1) is 0 Å². The lowest BCUT2D eigenvalue weighted by molar-refractivity contribution is -0.142. The second kappa shape index (κ2) is 12.3. The van der Waals surface area contributed by atoms with Crippen molar-refractivity contribution < 1.29 is 28.5 Å². The fourth-order valence-corrected chi connectivity index (χ4v) is 5.37. The Morgan fingerprint density at radius 1 is 1.16 bits per heavy atom. The summed E-state index contributed by atoms with van der Waals surface area (Å²) < 4.78 is 21.2. The van der Waals surface area contributed by atoms with E-state index in [1.54, 1.807) is 30.9 Å². The lowest BCUT2D eigenvalue weighted by atomic mass is 10.1. The van der Waals surface area contributed by atoms with Crippen molar-refractivity contribution in [1.29, 1.82) is 0 Å². The Kier molecular flexibility index (Phi) is 9.46. The van der Waals surface area contributed by atoms with Crippen LogP contribution in [-0.4, -0.2) is 101 Å². The van der Waals surface area contributed by atoms with E-state index in [0.29, 0.717) is 23.8 Å². The molecule has 1 aromatic rings. The number of thioether (sulfide) groups is 1. The largest absolute Gasteiger partial charge is 0.493 e. The van der Waals surface area contributed by atoms with Crippen molar-refractivity contribution >= 4 is 23.6 Å². The zero-order valence-corrected chi connectivity index (χ0v) is 19.8. The SMILES string of the molecule is COCC(=O)N1C(C(=O)NCCCN2CCOCC2)CSC1c1ccc(OC)c(OC)c1. The number of nitrogens with one attached hydrogen (secondary N) is 1. The Bertz CT molecular complexity index is 774. The van der Waals surface area contributed by atoms with E-state index in [1.165, 1.54) is 7.11 Å². The van der Waals surface area contributed by atoms with Crippen LogP contribution in [0.3, 0.4) is 0 Å². The zero-order chi connectivity index (χ0) is 22.9. The van der Waals surface area contributed by atoms with Gasteiger partial charge in [0.1, 0.15) is 18.0 Å². The van der Waals surface area contributed by atoms with E-state index in [0.717, 1.165) is 44.8 Å². The molecule has 3 rings (SSSR count). The topological polar surface area (TPSA) is 89.6 Å². The number of hydrogen-bond donors (Lipinski definition) is 1. The van der Waals surface area contributed by atoms with Gasteiger partial charge in [0.2, 0.25) is 11.8 Å². The minimum atomic E-state index is -0.552. The molecular formula is C22H33N3O6S. The second-order valence-corrected chi connectivity index (χ2v) is 8.76. The van der Waals surface area contributed by atoms with Crippen LogP contribution in [0.1, 0.15) is 17.4 Å². The average molecular weight is 468 g/mol. The molecule has 1 N–H and O–H groups in total. The highest BCUT2D eigenvalue weighted by Crippen LogP contribution is 2.43. The summed E-state index contributed by atoms with van der Waals surface area (Å²) in [5.41, 5.74) is 0.875. The van der Waals surface area contributed by atoms with Crippen LogP contribution in [0.5, 0.6) is 11.5 Å². The fraction of sp³-hybridized carbons (Fsp3) is 0.636. The van der Waals surface area contributed by atoms with Crippen molar-refractivity contribution in [3.63, 3.8) is 0 Å². The van der Waals surface area contributed by atoms with Gasteiger partial charge in [0.15, 0.2) is 11.5 Å². The van der Waals surface area contributed by atoms with Crippen molar-refractivity contribution in [2.75, 3.05) is 73.1 Å². The van der Waals surface area contributed by atoms with Crippen molar-refractivity contribution in [1.82, 2.24) is 15.1 Å². The Labute approximate surface area is 193 Å². The first kappa shape index (κ1) is 24.6. The molecule has 178 valence electrons. The molecule has 2 aliphatic rings. The lowest BCUT2D eigenvalue weighted by Crippen LogP contribution is -2.49. The molecule has 2 saturated heterocycles. The van der Waals surface area contributed by atoms with Crippen LogP contribution in [-0.2, 0) is 19.1 Å². The molecule has 2 atom stereocenters. The summed E-state index contributed by atoms with van der Waals surface area (Å²) >= 11 is 1.56. The molecular weight excluding hydrogens is 434 g/mol. The molecule has 0 spiro atoms. The van der Waals surface area contributed by atoms with Crippen LogP contribution in [0.25, 0.3) is 0 Å². The number of carbonyl (C=O) groups is 2. The first-order chi connectivity index (χ1) is 15.6. The maximum Gasteiger partial charge on any atom is 0.250 e. The minimum absolute atomic E-state index is 0.0782. The average Bonchev–Trinajstić information content (AvgIpc) is 3.27. The van der Waals surface area contributed by atoms with Gasteiger partial charge in [0.05, 0.1) is 27.4 Å². The van der Waals surface area contributed by atoms with Gasteiger partial charge in [-0.3, -0.25) is 14.5 Å². The van der Waals surface area contributed by atoms with Crippen molar-refractivity contribution in [3.8, 4) is 11.5 Å². The molecule has 0 bridgehead atoms. The van der Waals surface area contributed by atoms with Gasteiger partial charge in [-0.25, -0.2) is 0 Å². The first-order valence-corrected chi connectivity index (χ1v) is 11.8. The lowest BCUT2D eigenvalue weighted by Gasteiger charge is -2.29. The van der Waals surface area contributed by atoms with Gasteiger partial charge in [0, 0.05) is 32.5 Å². The summed E-state index contributed by atoms with van der Waals surface area (Å²) in [6, 6.07) is 5.01. The van der Waals surface area contributed by atoms with E-state index in [4.69, 9.17) is 18.9 Å². The molecule has 32 heavy (non-hydrogen) atoms. The van der Waals surface area contributed by atoms with E-state index < -0.39 is 6.04 Å². The van der Waals surface area contributed by atoms with E-state index >= 15 is 0 Å². The molecule has 0 radical (unpaired) electrons. The first-order valence-electron chi connectivity index (χ1n) is 10.8. The van der Waals surface area contributed by atoms with Crippen LogP contribution >= 0.6 is 11.8 Å². The molecule has 1 aromatic carbocycles. The molecule has 0 aromatic heterocycles. The summed E-state index contributed by atoms with van der Waals surface area (Å²) in [6.45, 7) is 4.80. The second-order valence-electron chi connectivity index (χ2n) is 7.65. The Morgan fingerprint density at radius 3 is 2.59 bits per heavy atom. The molecule has 10 heteroatoms. The highest BCUT2D eigenvalue weighted by atomic mass is 32.2. The highest BCUT2D eigenvalue weighted by Gasteiger charge is 2.42. The number of ether oxygens (including phenoxy) is 4. The third-order valence-electron chi connectivity index (χ3n) is 5.61. The monoisotopic (exact) mass is 467 g/mol. The van der Waals surface area contributed by atoms with Gasteiger partial charge in [-0.1, -0.05) is 6.07 Å². The molecule has 2 fully saturated rings. The van der Waals surface area contributed by atoms with Crippen molar-refractivity contribution in [2.24, 2.45) is 0 Å². The molecule has 0 saturated carbocycles. The standard InChI is InChI=1S/C22H33N3O6S/c1-28-14-20(26)25-17(21(27)23-7-4-8-24-9-11-31-12-10-24)15-32-22(25)16-5-6-18(29-2)19(13-16)30-3/h5-6,13,17,22H,4,7-12,14-15H2,1-3H3,(H,23,27). The zero-order valence-electron chi connectivity index (χ0n) is 19.0. The molecule has 2 aliphatic heterocycles. The number of hydrogen-bond acceptors (Lipinski definition) is 8. The molecule has 0 aliphatic carbocycles. The van der Waals surface area contributed by atoms with Gasteiger partial charge in [0.25, 0.3) is 0 Å². The van der Waals surface area contributed by atoms with E-state index in [-0.39, 0.29) is 23.8 Å². The minimum Gasteiger partial charge on any atom is -0.493 e. The number of rotatable bonds is 10. The van der Waals surface area contributed by atoms with Crippen LogP contribution in [0.15, 0.2) is 18.2 Å². The van der Waals surface area contributed by atoms with Crippen LogP contribution < -0.4 is 14.8 Å². The Balaban J connectivity index is 1.64.